The minimum Gasteiger partial charge on any atom is -0.452 e. The average Bonchev–Trinajstić information content (AvgIpc) is 2.65. The molecule has 2 aromatic rings. The summed E-state index contributed by atoms with van der Waals surface area (Å²) >= 11 is 22.6. The van der Waals surface area contributed by atoms with Crippen molar-refractivity contribution in [2.24, 2.45) is 0 Å². The van der Waals surface area contributed by atoms with Crippen molar-refractivity contribution in [3.05, 3.63) is 70.2 Å². The number of ether oxygens (including phenoxy) is 1. The Balaban J connectivity index is 2.25. The molecule has 0 spiro atoms. The normalized spacial score (nSPS) is 15.9. The van der Waals surface area contributed by atoms with Crippen LogP contribution in [0.25, 0.3) is 0 Å². The van der Waals surface area contributed by atoms with Gasteiger partial charge in [0.1, 0.15) is 6.10 Å². The molecule has 134 valence electrons. The molecule has 2 nitrogen and oxygen atoms in total. The van der Waals surface area contributed by atoms with Gasteiger partial charge in [-0.15, -0.1) is 34.8 Å². The second-order valence-corrected chi connectivity index (χ2v) is 8.04. The van der Waals surface area contributed by atoms with Gasteiger partial charge in [-0.05, 0) is 36.2 Å². The van der Waals surface area contributed by atoms with Crippen LogP contribution in [0.4, 0.5) is 0 Å². The molecule has 6 heteroatoms. The van der Waals surface area contributed by atoms with Crippen LogP contribution in [0.3, 0.4) is 0 Å². The van der Waals surface area contributed by atoms with E-state index < -0.39 is 22.8 Å². The molecule has 0 fully saturated rings. The van der Waals surface area contributed by atoms with Crippen molar-refractivity contribution in [3.63, 3.8) is 0 Å². The molecule has 25 heavy (non-hydrogen) atoms. The molecule has 0 unspecified atom stereocenters. The predicted octanol–water partition coefficient (Wildman–Crippen LogP) is 6.58. The van der Waals surface area contributed by atoms with Crippen molar-refractivity contribution in [2.45, 2.75) is 35.6 Å². The van der Waals surface area contributed by atoms with E-state index >= 15 is 0 Å². The van der Waals surface area contributed by atoms with Gasteiger partial charge < -0.3 is 4.74 Å². The summed E-state index contributed by atoms with van der Waals surface area (Å²) in [5.41, 5.74) is 1.22. The number of hydrogen-bond donors (Lipinski definition) is 0. The van der Waals surface area contributed by atoms with E-state index in [0.29, 0.717) is 12.0 Å². The molecule has 0 N–H and O–H groups in total. The second kappa shape index (κ2) is 9.82. The maximum atomic E-state index is 12.5. The number of carbonyl (C=O) groups excluding carboxylic acids is 1. The van der Waals surface area contributed by atoms with Gasteiger partial charge in [-0.3, -0.25) is 0 Å². The molecule has 0 aliphatic heterocycles. The number of esters is 1. The van der Waals surface area contributed by atoms with Gasteiger partial charge in [-0.2, -0.15) is 0 Å². The first kappa shape index (κ1) is 20.6. The van der Waals surface area contributed by atoms with E-state index in [2.05, 4.69) is 15.9 Å². The van der Waals surface area contributed by atoms with Crippen LogP contribution in [0, 0.1) is 0 Å². The molecule has 4 atom stereocenters. The molecule has 0 saturated carbocycles. The van der Waals surface area contributed by atoms with Gasteiger partial charge in [-0.25, -0.2) is 4.79 Å². The van der Waals surface area contributed by atoms with E-state index in [-0.39, 0.29) is 5.38 Å². The van der Waals surface area contributed by atoms with Crippen LogP contribution in [0.2, 0.25) is 0 Å². The lowest BCUT2D eigenvalue weighted by molar-refractivity contribution is 0.0283. The second-order valence-electron chi connectivity index (χ2n) is 5.56. The third kappa shape index (κ3) is 5.62. The summed E-state index contributed by atoms with van der Waals surface area (Å²) < 4.78 is 6.59. The maximum absolute atomic E-state index is 12.5. The van der Waals surface area contributed by atoms with E-state index in [1.807, 2.05) is 37.3 Å². The topological polar surface area (TPSA) is 26.3 Å². The zero-order valence-corrected chi connectivity index (χ0v) is 17.4. The fraction of sp³-hybridized carbons (Fsp3) is 0.316. The fourth-order valence-corrected chi connectivity index (χ4v) is 3.50. The smallest absolute Gasteiger partial charge is 0.338 e. The molecule has 2 aromatic carbocycles. The highest BCUT2D eigenvalue weighted by molar-refractivity contribution is 9.10. The van der Waals surface area contributed by atoms with Crippen molar-refractivity contribution in [3.8, 4) is 0 Å². The Hall–Kier alpha value is -0.740. The molecule has 0 amide bonds. The molecule has 0 radical (unpaired) electrons. The Kier molecular flexibility index (Phi) is 8.08. The summed E-state index contributed by atoms with van der Waals surface area (Å²) in [6.07, 6.45) is -0.0319. The van der Waals surface area contributed by atoms with E-state index in [1.165, 1.54) is 0 Å². The van der Waals surface area contributed by atoms with Gasteiger partial charge in [0.05, 0.1) is 21.7 Å². The minimum atomic E-state index is -0.700. The van der Waals surface area contributed by atoms with Crippen LogP contribution in [0.15, 0.2) is 59.1 Å². The molecule has 0 aliphatic carbocycles. The van der Waals surface area contributed by atoms with Gasteiger partial charge >= 0.3 is 5.97 Å². The third-order valence-corrected chi connectivity index (χ3v) is 6.21. The highest BCUT2D eigenvalue weighted by Crippen LogP contribution is 2.34. The van der Waals surface area contributed by atoms with Gasteiger partial charge in [0.25, 0.3) is 0 Å². The van der Waals surface area contributed by atoms with Crippen molar-refractivity contribution in [1.29, 1.82) is 0 Å². The van der Waals surface area contributed by atoms with E-state index in [4.69, 9.17) is 39.5 Å². The van der Waals surface area contributed by atoms with Gasteiger partial charge in [0.2, 0.25) is 0 Å². The van der Waals surface area contributed by atoms with E-state index in [0.717, 1.165) is 10.0 Å². The quantitative estimate of drug-likeness (QED) is 0.342. The lowest BCUT2D eigenvalue weighted by Gasteiger charge is -2.28. The van der Waals surface area contributed by atoms with Crippen LogP contribution in [0.5, 0.6) is 0 Å². The summed E-state index contributed by atoms with van der Waals surface area (Å²) in [6, 6.07) is 16.3. The van der Waals surface area contributed by atoms with Gasteiger partial charge in [0, 0.05) is 4.47 Å². The SMILES string of the molecule is CC[C@H](Cl)[C@@H](Cl)[C@@H](Cl)[C@H](OC(=O)c1ccc(Br)cc1)c1ccccc1. The number of benzene rings is 2. The molecule has 0 saturated heterocycles. The van der Waals surface area contributed by atoms with Crippen molar-refractivity contribution >= 4 is 56.7 Å². The first-order chi connectivity index (χ1) is 11.9. The van der Waals surface area contributed by atoms with E-state index in [9.17, 15) is 4.79 Å². The van der Waals surface area contributed by atoms with Crippen LogP contribution in [-0.2, 0) is 4.74 Å². The summed E-state index contributed by atoms with van der Waals surface area (Å²) in [7, 11) is 0. The number of halogens is 4. The number of hydrogen-bond acceptors (Lipinski definition) is 2. The zero-order valence-electron chi connectivity index (χ0n) is 13.5. The molecular formula is C19H18BrCl3O2. The van der Waals surface area contributed by atoms with Crippen LogP contribution >= 0.6 is 50.7 Å². The van der Waals surface area contributed by atoms with Gasteiger partial charge in [0.15, 0.2) is 0 Å². The molecular weight excluding hydrogens is 446 g/mol. The standard InChI is InChI=1S/C19H18BrCl3O2/c1-2-15(21)16(22)17(23)18(12-6-4-3-5-7-12)25-19(24)13-8-10-14(20)11-9-13/h3-11,15-18H,2H2,1H3/t15-,16+,17+,18+/m0/s1. The highest BCUT2D eigenvalue weighted by Gasteiger charge is 2.34. The van der Waals surface area contributed by atoms with E-state index in [1.54, 1.807) is 24.3 Å². The highest BCUT2D eigenvalue weighted by atomic mass is 79.9. The summed E-state index contributed by atoms with van der Waals surface area (Å²) in [5.74, 6) is -0.460. The average molecular weight is 465 g/mol. The van der Waals surface area contributed by atoms with Gasteiger partial charge in [-0.1, -0.05) is 53.2 Å². The number of alkyl halides is 3. The van der Waals surface area contributed by atoms with Crippen molar-refractivity contribution in [1.82, 2.24) is 0 Å². The lowest BCUT2D eigenvalue weighted by atomic mass is 10.0. The Bertz CT molecular complexity index is 679. The lowest BCUT2D eigenvalue weighted by Crippen LogP contribution is -2.33. The Morgan fingerprint density at radius 3 is 2.16 bits per heavy atom. The molecule has 0 bridgehead atoms. The Morgan fingerprint density at radius 2 is 1.60 bits per heavy atom. The van der Waals surface area contributed by atoms with Crippen LogP contribution < -0.4 is 0 Å². The fourth-order valence-electron chi connectivity index (χ4n) is 2.32. The summed E-state index contributed by atoms with van der Waals surface area (Å²) in [4.78, 5) is 12.5. The minimum absolute atomic E-state index is 0.318. The molecule has 0 aliphatic rings. The largest absolute Gasteiger partial charge is 0.452 e. The van der Waals surface area contributed by atoms with Crippen LogP contribution in [0.1, 0.15) is 35.4 Å². The summed E-state index contributed by atoms with van der Waals surface area (Å²) in [6.45, 7) is 1.93. The molecule has 2 rings (SSSR count). The molecule has 0 heterocycles. The summed E-state index contributed by atoms with van der Waals surface area (Å²) in [5, 5.41) is -1.52. The number of rotatable bonds is 7. The predicted molar refractivity (Wildman–Crippen MR) is 108 cm³/mol. The maximum Gasteiger partial charge on any atom is 0.338 e. The third-order valence-electron chi connectivity index (χ3n) is 3.77. The van der Waals surface area contributed by atoms with Crippen LogP contribution in [-0.4, -0.2) is 22.1 Å². The zero-order chi connectivity index (χ0) is 18.4. The monoisotopic (exact) mass is 462 g/mol. The first-order valence-corrected chi connectivity index (χ1v) is 9.98. The first-order valence-electron chi connectivity index (χ1n) is 7.87. The number of carbonyl (C=O) groups is 1. The van der Waals surface area contributed by atoms with Crippen molar-refractivity contribution < 1.29 is 9.53 Å². The molecule has 0 aromatic heterocycles. The van der Waals surface area contributed by atoms with Crippen molar-refractivity contribution in [2.75, 3.05) is 0 Å². The Morgan fingerprint density at radius 1 is 1.00 bits per heavy atom. The Labute approximate surface area is 171 Å².